The van der Waals surface area contributed by atoms with E-state index in [0.717, 1.165) is 28.2 Å². The second kappa shape index (κ2) is 6.36. The molecule has 0 radical (unpaired) electrons. The van der Waals surface area contributed by atoms with Crippen LogP contribution in [-0.4, -0.2) is 31.1 Å². The summed E-state index contributed by atoms with van der Waals surface area (Å²) in [5, 5.41) is 9.84. The van der Waals surface area contributed by atoms with Gasteiger partial charge in [-0.1, -0.05) is 0 Å². The lowest BCUT2D eigenvalue weighted by atomic mass is 10.1. The Kier molecular flexibility index (Phi) is 3.89. The number of amides is 1. The van der Waals surface area contributed by atoms with Crippen LogP contribution in [0.15, 0.2) is 48.8 Å². The Labute approximate surface area is 149 Å². The van der Waals surface area contributed by atoms with Gasteiger partial charge in [0.15, 0.2) is 5.82 Å². The number of nitrogens with one attached hydrogen (secondary N) is 2. The topological polar surface area (TPSA) is 96.5 Å². The Balaban J connectivity index is 1.58. The third-order valence-electron chi connectivity index (χ3n) is 4.15. The van der Waals surface area contributed by atoms with Crippen molar-refractivity contribution in [1.29, 1.82) is 0 Å². The van der Waals surface area contributed by atoms with Gasteiger partial charge in [-0.15, -0.1) is 0 Å². The van der Waals surface area contributed by atoms with E-state index >= 15 is 0 Å². The molecule has 0 aliphatic rings. The van der Waals surface area contributed by atoms with Crippen molar-refractivity contribution in [2.45, 2.75) is 13.8 Å². The Bertz CT molecular complexity index is 1100. The summed E-state index contributed by atoms with van der Waals surface area (Å²) in [6.45, 7) is 3.82. The molecule has 0 fully saturated rings. The first-order valence-corrected chi connectivity index (χ1v) is 8.12. The Morgan fingerprint density at radius 3 is 2.46 bits per heavy atom. The number of H-pyrrole nitrogens is 1. The number of fused-ring (bicyclic) bond motifs is 1. The summed E-state index contributed by atoms with van der Waals surface area (Å²) in [4.78, 5) is 25.5. The van der Waals surface area contributed by atoms with Gasteiger partial charge in [-0.25, -0.2) is 9.97 Å². The van der Waals surface area contributed by atoms with Crippen LogP contribution in [0.1, 0.15) is 21.7 Å². The van der Waals surface area contributed by atoms with Crippen LogP contribution < -0.4 is 5.32 Å². The zero-order valence-electron chi connectivity index (χ0n) is 14.3. The molecule has 1 aromatic carbocycles. The van der Waals surface area contributed by atoms with Gasteiger partial charge >= 0.3 is 0 Å². The van der Waals surface area contributed by atoms with E-state index in [4.69, 9.17) is 0 Å². The summed E-state index contributed by atoms with van der Waals surface area (Å²) in [7, 11) is 0. The van der Waals surface area contributed by atoms with E-state index in [-0.39, 0.29) is 5.91 Å². The van der Waals surface area contributed by atoms with Gasteiger partial charge in [0, 0.05) is 29.6 Å². The molecule has 4 aromatic rings. The van der Waals surface area contributed by atoms with Crippen LogP contribution in [0.3, 0.4) is 0 Å². The number of carbonyl (C=O) groups is 1. The third-order valence-corrected chi connectivity index (χ3v) is 4.15. The molecule has 3 aromatic heterocycles. The highest BCUT2D eigenvalue weighted by atomic mass is 16.1. The Hall–Kier alpha value is -3.61. The molecule has 2 N–H and O–H groups in total. The van der Waals surface area contributed by atoms with Crippen molar-refractivity contribution in [1.82, 2.24) is 25.1 Å². The highest BCUT2D eigenvalue weighted by Gasteiger charge is 2.11. The summed E-state index contributed by atoms with van der Waals surface area (Å²) in [6.07, 6.45) is 3.41. The number of aromatic amines is 1. The van der Waals surface area contributed by atoms with Crippen LogP contribution >= 0.6 is 0 Å². The van der Waals surface area contributed by atoms with Crippen molar-refractivity contribution in [2.24, 2.45) is 0 Å². The number of aryl methyl sites for hydroxylation is 2. The summed E-state index contributed by atoms with van der Waals surface area (Å²) in [5.41, 5.74) is 5.45. The van der Waals surface area contributed by atoms with Gasteiger partial charge in [0.25, 0.3) is 5.91 Å². The van der Waals surface area contributed by atoms with E-state index < -0.39 is 0 Å². The highest BCUT2D eigenvalue weighted by molar-refractivity contribution is 6.05. The number of rotatable bonds is 3. The minimum atomic E-state index is -0.250. The van der Waals surface area contributed by atoms with Gasteiger partial charge in [0.1, 0.15) is 0 Å². The quantitative estimate of drug-likeness (QED) is 0.594. The van der Waals surface area contributed by atoms with Gasteiger partial charge in [-0.2, -0.15) is 5.10 Å². The molecule has 0 saturated carbocycles. The summed E-state index contributed by atoms with van der Waals surface area (Å²) >= 11 is 0. The summed E-state index contributed by atoms with van der Waals surface area (Å²) in [5.74, 6) is 0.202. The number of nitrogens with zero attached hydrogens (tertiary/aromatic N) is 4. The predicted molar refractivity (Wildman–Crippen MR) is 98.8 cm³/mol. The first kappa shape index (κ1) is 15.9. The largest absolute Gasteiger partial charge is 0.305 e. The number of anilines is 1. The molecule has 128 valence electrons. The average Bonchev–Trinajstić information content (AvgIpc) is 3.11. The van der Waals surface area contributed by atoms with Crippen molar-refractivity contribution in [3.63, 3.8) is 0 Å². The van der Waals surface area contributed by atoms with Gasteiger partial charge in [0.2, 0.25) is 0 Å². The van der Waals surface area contributed by atoms with Crippen LogP contribution in [0.4, 0.5) is 5.82 Å². The minimum Gasteiger partial charge on any atom is -0.305 e. The molecule has 0 spiro atoms. The fourth-order valence-electron chi connectivity index (χ4n) is 2.63. The monoisotopic (exact) mass is 344 g/mol. The van der Waals surface area contributed by atoms with Crippen molar-refractivity contribution in [3.05, 3.63) is 65.7 Å². The van der Waals surface area contributed by atoms with Crippen LogP contribution in [0.2, 0.25) is 0 Å². The molecule has 1 amide bonds. The predicted octanol–water partition coefficient (Wildman–Crippen LogP) is 3.28. The number of carbonyl (C=O) groups excluding carboxylic acids is 1. The molecule has 3 heterocycles. The van der Waals surface area contributed by atoms with Crippen LogP contribution in [0, 0.1) is 13.8 Å². The molecule has 0 unspecified atom stereocenters. The molecule has 0 atom stereocenters. The second-order valence-electron chi connectivity index (χ2n) is 5.95. The normalized spacial score (nSPS) is 10.8. The van der Waals surface area contributed by atoms with Gasteiger partial charge in [0.05, 0.1) is 28.1 Å². The van der Waals surface area contributed by atoms with E-state index in [1.54, 1.807) is 36.7 Å². The molecule has 4 rings (SSSR count). The number of hydrogen-bond acceptors (Lipinski definition) is 5. The molecule has 0 aliphatic carbocycles. The summed E-state index contributed by atoms with van der Waals surface area (Å²) < 4.78 is 0. The van der Waals surface area contributed by atoms with E-state index in [0.29, 0.717) is 16.9 Å². The molecule has 7 nitrogen and oxygen atoms in total. The van der Waals surface area contributed by atoms with E-state index in [1.165, 1.54) is 0 Å². The molecule has 0 aliphatic heterocycles. The SMILES string of the molecule is Cc1nc2ccc(C(=O)Nc3cc(-c4ccncc4)[nH]n3)cc2nc1C. The second-order valence-corrected chi connectivity index (χ2v) is 5.95. The molecule has 0 bridgehead atoms. The lowest BCUT2D eigenvalue weighted by Gasteiger charge is -2.05. The zero-order valence-corrected chi connectivity index (χ0v) is 14.3. The van der Waals surface area contributed by atoms with Crippen LogP contribution in [0.5, 0.6) is 0 Å². The number of pyridine rings is 1. The maximum atomic E-state index is 12.5. The molecule has 7 heteroatoms. The smallest absolute Gasteiger partial charge is 0.256 e. The maximum absolute atomic E-state index is 12.5. The van der Waals surface area contributed by atoms with Gasteiger partial charge in [-0.3, -0.25) is 14.9 Å². The Morgan fingerprint density at radius 2 is 1.69 bits per heavy atom. The fourth-order valence-corrected chi connectivity index (χ4v) is 2.63. The van der Waals surface area contributed by atoms with Crippen molar-refractivity contribution in [2.75, 3.05) is 5.32 Å². The third kappa shape index (κ3) is 3.02. The van der Waals surface area contributed by atoms with Crippen LogP contribution in [0.25, 0.3) is 22.3 Å². The lowest BCUT2D eigenvalue weighted by molar-refractivity contribution is 0.102. The molecule has 26 heavy (non-hydrogen) atoms. The first-order valence-electron chi connectivity index (χ1n) is 8.12. The Morgan fingerprint density at radius 1 is 0.962 bits per heavy atom. The van der Waals surface area contributed by atoms with E-state index in [9.17, 15) is 4.79 Å². The fraction of sp³-hybridized carbons (Fsp3) is 0.105. The van der Waals surface area contributed by atoms with Crippen molar-refractivity contribution in [3.8, 4) is 11.3 Å². The zero-order chi connectivity index (χ0) is 18.1. The molecule has 0 saturated heterocycles. The van der Waals surface area contributed by atoms with Gasteiger partial charge < -0.3 is 5.32 Å². The molecular formula is C19H16N6O. The van der Waals surface area contributed by atoms with Crippen molar-refractivity contribution < 1.29 is 4.79 Å². The minimum absolute atomic E-state index is 0.250. The standard InChI is InChI=1S/C19H16N6O/c1-11-12(2)22-17-9-14(3-4-15(17)21-11)19(26)23-18-10-16(24-25-18)13-5-7-20-8-6-13/h3-10H,1-2H3,(H2,23,24,25,26). The maximum Gasteiger partial charge on any atom is 0.256 e. The molecular weight excluding hydrogens is 328 g/mol. The summed E-state index contributed by atoms with van der Waals surface area (Å²) in [6, 6.07) is 10.8. The number of benzene rings is 1. The van der Waals surface area contributed by atoms with E-state index in [1.807, 2.05) is 26.0 Å². The van der Waals surface area contributed by atoms with Crippen LogP contribution in [-0.2, 0) is 0 Å². The van der Waals surface area contributed by atoms with Crippen molar-refractivity contribution >= 4 is 22.8 Å². The highest BCUT2D eigenvalue weighted by Crippen LogP contribution is 2.20. The average molecular weight is 344 g/mol. The number of hydrogen-bond donors (Lipinski definition) is 2. The number of aromatic nitrogens is 5. The first-order chi connectivity index (χ1) is 12.6. The van der Waals surface area contributed by atoms with Gasteiger partial charge in [-0.05, 0) is 44.2 Å². The van der Waals surface area contributed by atoms with E-state index in [2.05, 4.69) is 30.5 Å². The lowest BCUT2D eigenvalue weighted by Crippen LogP contribution is -2.12.